The second-order valence-corrected chi connectivity index (χ2v) is 5.43. The van der Waals surface area contributed by atoms with Gasteiger partial charge in [0.2, 0.25) is 0 Å². The molecule has 2 rings (SSSR count). The van der Waals surface area contributed by atoms with Crippen molar-refractivity contribution in [2.24, 2.45) is 0 Å². The summed E-state index contributed by atoms with van der Waals surface area (Å²) in [5.74, 6) is 0. The first-order chi connectivity index (χ1) is 7.24. The molecular formula is C13H25NO. The molecule has 88 valence electrons. The molecule has 1 aliphatic carbocycles. The average molecular weight is 211 g/mol. The summed E-state index contributed by atoms with van der Waals surface area (Å²) in [4.78, 5) is 0. The van der Waals surface area contributed by atoms with Gasteiger partial charge in [0.05, 0.1) is 12.2 Å². The van der Waals surface area contributed by atoms with Crippen molar-refractivity contribution >= 4 is 0 Å². The van der Waals surface area contributed by atoms with Gasteiger partial charge in [-0.2, -0.15) is 0 Å². The van der Waals surface area contributed by atoms with Gasteiger partial charge in [-0.1, -0.05) is 19.3 Å². The molecule has 0 unspecified atom stereocenters. The zero-order valence-corrected chi connectivity index (χ0v) is 10.2. The Labute approximate surface area is 93.8 Å². The normalized spacial score (nSPS) is 39.2. The van der Waals surface area contributed by atoms with E-state index in [9.17, 15) is 0 Å². The topological polar surface area (TPSA) is 21.3 Å². The van der Waals surface area contributed by atoms with Crippen LogP contribution in [0.3, 0.4) is 0 Å². The second kappa shape index (κ2) is 5.31. The van der Waals surface area contributed by atoms with Crippen molar-refractivity contribution in [2.45, 2.75) is 83.1 Å². The van der Waals surface area contributed by atoms with Gasteiger partial charge in [-0.15, -0.1) is 0 Å². The van der Waals surface area contributed by atoms with Crippen LogP contribution in [0.25, 0.3) is 0 Å². The SMILES string of the molecule is C[C@H]1CC(NC2CCCCC2)C[C@H](C)O1. The molecule has 15 heavy (non-hydrogen) atoms. The van der Waals surface area contributed by atoms with Crippen LogP contribution in [0, 0.1) is 0 Å². The maximum Gasteiger partial charge on any atom is 0.0565 e. The van der Waals surface area contributed by atoms with Crippen molar-refractivity contribution in [3.63, 3.8) is 0 Å². The molecule has 1 saturated heterocycles. The van der Waals surface area contributed by atoms with Crippen LogP contribution in [-0.2, 0) is 4.74 Å². The molecule has 0 aromatic rings. The van der Waals surface area contributed by atoms with Crippen molar-refractivity contribution in [3.8, 4) is 0 Å². The first-order valence-corrected chi connectivity index (χ1v) is 6.65. The molecule has 0 aromatic carbocycles. The van der Waals surface area contributed by atoms with E-state index in [1.54, 1.807) is 0 Å². The minimum atomic E-state index is 0.440. The van der Waals surface area contributed by atoms with Gasteiger partial charge in [0.25, 0.3) is 0 Å². The predicted octanol–water partition coefficient (Wildman–Crippen LogP) is 2.86. The van der Waals surface area contributed by atoms with Crippen molar-refractivity contribution in [1.29, 1.82) is 0 Å². The summed E-state index contributed by atoms with van der Waals surface area (Å²) in [6.07, 6.45) is 10.3. The van der Waals surface area contributed by atoms with Crippen molar-refractivity contribution in [3.05, 3.63) is 0 Å². The van der Waals surface area contributed by atoms with Gasteiger partial charge in [-0.25, -0.2) is 0 Å². The Morgan fingerprint density at radius 2 is 1.47 bits per heavy atom. The minimum absolute atomic E-state index is 0.440. The third-order valence-electron chi connectivity index (χ3n) is 3.77. The van der Waals surface area contributed by atoms with Gasteiger partial charge in [0.15, 0.2) is 0 Å². The van der Waals surface area contributed by atoms with E-state index in [1.165, 1.54) is 44.9 Å². The molecule has 2 nitrogen and oxygen atoms in total. The average Bonchev–Trinajstić information content (AvgIpc) is 2.17. The Hall–Kier alpha value is -0.0800. The largest absolute Gasteiger partial charge is 0.375 e. The van der Waals surface area contributed by atoms with Crippen molar-refractivity contribution in [2.75, 3.05) is 0 Å². The van der Waals surface area contributed by atoms with Crippen molar-refractivity contribution in [1.82, 2.24) is 5.32 Å². The first kappa shape index (κ1) is 11.4. The van der Waals surface area contributed by atoms with Gasteiger partial charge in [0.1, 0.15) is 0 Å². The minimum Gasteiger partial charge on any atom is -0.375 e. The number of hydrogen-bond donors (Lipinski definition) is 1. The Balaban J connectivity index is 1.77. The number of hydrogen-bond acceptors (Lipinski definition) is 2. The van der Waals surface area contributed by atoms with E-state index in [-0.39, 0.29) is 0 Å². The Morgan fingerprint density at radius 3 is 2.07 bits per heavy atom. The zero-order chi connectivity index (χ0) is 10.7. The maximum absolute atomic E-state index is 5.77. The molecule has 1 heterocycles. The van der Waals surface area contributed by atoms with Crippen molar-refractivity contribution < 1.29 is 4.74 Å². The molecule has 0 amide bonds. The highest BCUT2D eigenvalue weighted by Gasteiger charge is 2.26. The summed E-state index contributed by atoms with van der Waals surface area (Å²) in [6.45, 7) is 4.40. The van der Waals surface area contributed by atoms with E-state index in [1.807, 2.05) is 0 Å². The van der Waals surface area contributed by atoms with Crippen LogP contribution in [0.5, 0.6) is 0 Å². The lowest BCUT2D eigenvalue weighted by molar-refractivity contribution is -0.0441. The number of rotatable bonds is 2. The summed E-state index contributed by atoms with van der Waals surface area (Å²) in [7, 11) is 0. The third kappa shape index (κ3) is 3.46. The number of nitrogens with one attached hydrogen (secondary N) is 1. The van der Waals surface area contributed by atoms with Crippen LogP contribution in [0.15, 0.2) is 0 Å². The highest BCUT2D eigenvalue weighted by Crippen LogP contribution is 2.23. The summed E-state index contributed by atoms with van der Waals surface area (Å²) in [6, 6.07) is 1.49. The lowest BCUT2D eigenvalue weighted by atomic mass is 9.92. The fourth-order valence-corrected chi connectivity index (χ4v) is 3.14. The molecule has 0 radical (unpaired) electrons. The van der Waals surface area contributed by atoms with Crippen LogP contribution in [-0.4, -0.2) is 24.3 Å². The van der Waals surface area contributed by atoms with Crippen LogP contribution in [0.1, 0.15) is 58.8 Å². The predicted molar refractivity (Wildman–Crippen MR) is 63.0 cm³/mol. The van der Waals surface area contributed by atoms with Crippen LogP contribution >= 0.6 is 0 Å². The molecule has 2 atom stereocenters. The molecule has 2 fully saturated rings. The lowest BCUT2D eigenvalue weighted by Gasteiger charge is -2.36. The van der Waals surface area contributed by atoms with Gasteiger partial charge in [-0.3, -0.25) is 0 Å². The van der Waals surface area contributed by atoms with Crippen LogP contribution in [0.2, 0.25) is 0 Å². The third-order valence-corrected chi connectivity index (χ3v) is 3.77. The van der Waals surface area contributed by atoms with Crippen LogP contribution < -0.4 is 5.32 Å². The van der Waals surface area contributed by atoms with Gasteiger partial charge < -0.3 is 10.1 Å². The molecule has 1 aliphatic heterocycles. The Kier molecular flexibility index (Phi) is 4.04. The summed E-state index contributed by atoms with van der Waals surface area (Å²) < 4.78 is 5.77. The molecule has 0 bridgehead atoms. The second-order valence-electron chi connectivity index (χ2n) is 5.43. The van der Waals surface area contributed by atoms with Gasteiger partial charge in [-0.05, 0) is 39.5 Å². The van der Waals surface area contributed by atoms with E-state index in [0.717, 1.165) is 6.04 Å². The molecule has 0 aromatic heterocycles. The fourth-order valence-electron chi connectivity index (χ4n) is 3.14. The summed E-state index contributed by atoms with van der Waals surface area (Å²) in [5.41, 5.74) is 0. The summed E-state index contributed by atoms with van der Waals surface area (Å²) >= 11 is 0. The van der Waals surface area contributed by atoms with E-state index in [0.29, 0.717) is 18.2 Å². The first-order valence-electron chi connectivity index (χ1n) is 6.65. The van der Waals surface area contributed by atoms with E-state index in [4.69, 9.17) is 4.74 Å². The zero-order valence-electron chi connectivity index (χ0n) is 10.2. The fraction of sp³-hybridized carbons (Fsp3) is 1.00. The van der Waals surface area contributed by atoms with E-state index < -0.39 is 0 Å². The van der Waals surface area contributed by atoms with E-state index in [2.05, 4.69) is 19.2 Å². The molecule has 1 saturated carbocycles. The molecule has 2 heteroatoms. The molecule has 0 spiro atoms. The Bertz CT molecular complexity index is 179. The smallest absolute Gasteiger partial charge is 0.0565 e. The molecular weight excluding hydrogens is 186 g/mol. The Morgan fingerprint density at radius 1 is 0.867 bits per heavy atom. The van der Waals surface area contributed by atoms with Crippen LogP contribution in [0.4, 0.5) is 0 Å². The van der Waals surface area contributed by atoms with Gasteiger partial charge in [0, 0.05) is 12.1 Å². The monoisotopic (exact) mass is 211 g/mol. The highest BCUT2D eigenvalue weighted by molar-refractivity contribution is 4.83. The molecule has 2 aliphatic rings. The quantitative estimate of drug-likeness (QED) is 0.758. The summed E-state index contributed by atoms with van der Waals surface area (Å²) in [5, 5.41) is 3.84. The lowest BCUT2D eigenvalue weighted by Crippen LogP contribution is -2.46. The number of ether oxygens (including phenoxy) is 1. The standard InChI is InChI=1S/C13H25NO/c1-10-8-13(9-11(2)15-10)14-12-6-4-3-5-7-12/h10-14H,3-9H2,1-2H3/t10-,11-/m0/s1. The van der Waals surface area contributed by atoms with E-state index >= 15 is 0 Å². The highest BCUT2D eigenvalue weighted by atomic mass is 16.5. The maximum atomic E-state index is 5.77. The van der Waals surface area contributed by atoms with Gasteiger partial charge >= 0.3 is 0 Å². The molecule has 1 N–H and O–H groups in total.